The van der Waals surface area contributed by atoms with E-state index in [4.69, 9.17) is 10.7 Å². The smallest absolute Gasteiger partial charge is 0.282 e. The lowest BCUT2D eigenvalue weighted by atomic mass is 9.72. The molecule has 0 spiro atoms. The van der Waals surface area contributed by atoms with Gasteiger partial charge in [-0.3, -0.25) is 0 Å². The first-order valence-corrected chi connectivity index (χ1v) is 11.3. The molecule has 6 rings (SSSR count). The first kappa shape index (κ1) is 20.2. The van der Waals surface area contributed by atoms with E-state index in [1.54, 1.807) is 11.1 Å². The minimum atomic E-state index is -2.66. The van der Waals surface area contributed by atoms with Crippen LogP contribution in [0.4, 0.5) is 14.6 Å². The summed E-state index contributed by atoms with van der Waals surface area (Å²) in [7, 11) is 0. The minimum absolute atomic E-state index is 0.211. The van der Waals surface area contributed by atoms with Gasteiger partial charge in [0.1, 0.15) is 5.82 Å². The number of rotatable bonds is 4. The number of fused-ring (bicyclic) bond motifs is 1. The molecule has 1 aliphatic carbocycles. The van der Waals surface area contributed by atoms with E-state index in [1.165, 1.54) is 6.42 Å². The molecule has 0 bridgehead atoms. The normalized spacial score (nSPS) is 18.6. The fourth-order valence-electron chi connectivity index (χ4n) is 4.86. The third-order valence-electron chi connectivity index (χ3n) is 6.93. The van der Waals surface area contributed by atoms with Crippen LogP contribution >= 0.6 is 0 Å². The molecule has 1 saturated heterocycles. The Morgan fingerprint density at radius 1 is 0.879 bits per heavy atom. The van der Waals surface area contributed by atoms with Gasteiger partial charge in [-0.25, -0.2) is 18.7 Å². The van der Waals surface area contributed by atoms with Crippen molar-refractivity contribution in [1.29, 1.82) is 0 Å². The zero-order chi connectivity index (χ0) is 22.6. The van der Waals surface area contributed by atoms with Crippen molar-refractivity contribution < 1.29 is 8.78 Å². The van der Waals surface area contributed by atoms with Gasteiger partial charge in [0.15, 0.2) is 0 Å². The van der Waals surface area contributed by atoms with Gasteiger partial charge >= 0.3 is 0 Å². The number of aromatic nitrogens is 2. The first-order chi connectivity index (χ1) is 15.9. The van der Waals surface area contributed by atoms with Gasteiger partial charge in [-0.15, -0.1) is 0 Å². The molecule has 2 aromatic heterocycles. The summed E-state index contributed by atoms with van der Waals surface area (Å²) in [6, 6.07) is 22.3. The van der Waals surface area contributed by atoms with Crippen molar-refractivity contribution in [3.8, 4) is 22.4 Å². The molecule has 4 aromatic rings. The molecule has 1 saturated carbocycles. The number of benzene rings is 2. The van der Waals surface area contributed by atoms with E-state index in [0.29, 0.717) is 5.82 Å². The standard InChI is InChI=1S/C27H24F2N4/c28-27(29)16-33(17-27)25-22-15-21(18-5-2-1-3-6-18)24(32-23(22)11-14-31-25)19-7-9-20(10-8-19)26(30)12-4-13-26/h1-3,5-11,14-15H,4,12-13,16-17,30H2. The maximum atomic E-state index is 13.6. The van der Waals surface area contributed by atoms with Crippen molar-refractivity contribution >= 4 is 16.7 Å². The summed E-state index contributed by atoms with van der Waals surface area (Å²) in [5.41, 5.74) is 12.0. The third kappa shape index (κ3) is 3.45. The molecule has 2 aliphatic rings. The molecular weight excluding hydrogens is 418 g/mol. The first-order valence-electron chi connectivity index (χ1n) is 11.3. The highest BCUT2D eigenvalue weighted by molar-refractivity contribution is 5.97. The number of hydrogen-bond donors (Lipinski definition) is 1. The zero-order valence-electron chi connectivity index (χ0n) is 18.1. The van der Waals surface area contributed by atoms with Gasteiger partial charge in [-0.1, -0.05) is 54.6 Å². The molecule has 1 aliphatic heterocycles. The molecule has 2 fully saturated rings. The Bertz CT molecular complexity index is 1320. The van der Waals surface area contributed by atoms with Gasteiger partial charge in [0.05, 0.1) is 24.3 Å². The highest BCUT2D eigenvalue weighted by atomic mass is 19.3. The van der Waals surface area contributed by atoms with E-state index in [9.17, 15) is 8.78 Å². The van der Waals surface area contributed by atoms with Crippen LogP contribution in [0, 0.1) is 0 Å². The van der Waals surface area contributed by atoms with Gasteiger partial charge in [-0.2, -0.15) is 0 Å². The molecule has 2 N–H and O–H groups in total. The molecule has 0 amide bonds. The Kier molecular flexibility index (Phi) is 4.49. The van der Waals surface area contributed by atoms with Gasteiger partial charge < -0.3 is 10.6 Å². The second-order valence-electron chi connectivity index (χ2n) is 9.25. The average molecular weight is 443 g/mol. The number of nitrogens with zero attached hydrogens (tertiary/aromatic N) is 3. The van der Waals surface area contributed by atoms with Crippen molar-refractivity contribution in [3.63, 3.8) is 0 Å². The van der Waals surface area contributed by atoms with Crippen LogP contribution < -0.4 is 10.6 Å². The van der Waals surface area contributed by atoms with Crippen LogP contribution in [0.25, 0.3) is 33.3 Å². The van der Waals surface area contributed by atoms with E-state index in [0.717, 1.165) is 51.7 Å². The van der Waals surface area contributed by atoms with E-state index in [1.807, 2.05) is 42.5 Å². The molecule has 166 valence electrons. The number of anilines is 1. The molecule has 0 atom stereocenters. The van der Waals surface area contributed by atoms with E-state index in [2.05, 4.69) is 29.2 Å². The lowest BCUT2D eigenvalue weighted by molar-refractivity contribution is -0.0265. The summed E-state index contributed by atoms with van der Waals surface area (Å²) < 4.78 is 27.1. The Hall–Kier alpha value is -3.38. The van der Waals surface area contributed by atoms with Crippen molar-refractivity contribution in [3.05, 3.63) is 78.5 Å². The van der Waals surface area contributed by atoms with Crippen molar-refractivity contribution in [2.45, 2.75) is 30.7 Å². The lowest BCUT2D eigenvalue weighted by Gasteiger charge is -2.40. The van der Waals surface area contributed by atoms with E-state index >= 15 is 0 Å². The third-order valence-corrected chi connectivity index (χ3v) is 6.93. The highest BCUT2D eigenvalue weighted by Gasteiger charge is 2.45. The largest absolute Gasteiger partial charge is 0.344 e. The van der Waals surface area contributed by atoms with Crippen molar-refractivity contribution in [1.82, 2.24) is 9.97 Å². The number of pyridine rings is 2. The predicted molar refractivity (Wildman–Crippen MR) is 127 cm³/mol. The summed E-state index contributed by atoms with van der Waals surface area (Å²) in [5.74, 6) is -2.11. The molecule has 33 heavy (non-hydrogen) atoms. The molecule has 6 heteroatoms. The van der Waals surface area contributed by atoms with E-state index in [-0.39, 0.29) is 18.6 Å². The average Bonchev–Trinajstić information content (AvgIpc) is 2.80. The number of nitrogens with two attached hydrogens (primary N) is 1. The van der Waals surface area contributed by atoms with Crippen LogP contribution in [0.5, 0.6) is 0 Å². The van der Waals surface area contributed by atoms with E-state index < -0.39 is 5.92 Å². The highest BCUT2D eigenvalue weighted by Crippen LogP contribution is 2.41. The summed E-state index contributed by atoms with van der Waals surface area (Å²) in [4.78, 5) is 11.0. The Balaban J connectivity index is 1.50. The molecule has 3 heterocycles. The topological polar surface area (TPSA) is 55.0 Å². The monoisotopic (exact) mass is 442 g/mol. The Morgan fingerprint density at radius 3 is 2.24 bits per heavy atom. The van der Waals surface area contributed by atoms with Crippen molar-refractivity contribution in [2.24, 2.45) is 5.73 Å². The van der Waals surface area contributed by atoms with Crippen LogP contribution in [-0.2, 0) is 5.54 Å². The van der Waals surface area contributed by atoms with Gasteiger partial charge in [0, 0.05) is 28.2 Å². The fourth-order valence-corrected chi connectivity index (χ4v) is 4.86. The van der Waals surface area contributed by atoms with Crippen molar-refractivity contribution in [2.75, 3.05) is 18.0 Å². The molecular formula is C27H24F2N4. The Labute approximate surface area is 191 Å². The fraction of sp³-hybridized carbons (Fsp3) is 0.259. The summed E-state index contributed by atoms with van der Waals surface area (Å²) in [5, 5.41) is 0.780. The van der Waals surface area contributed by atoms with Gasteiger partial charge in [-0.05, 0) is 42.5 Å². The molecule has 4 nitrogen and oxygen atoms in total. The van der Waals surface area contributed by atoms with Gasteiger partial charge in [0.2, 0.25) is 0 Å². The SMILES string of the molecule is NC1(c2ccc(-c3nc4ccnc(N5CC(F)(F)C5)c4cc3-c3ccccc3)cc2)CCC1. The van der Waals surface area contributed by atoms with Gasteiger partial charge in [0.25, 0.3) is 5.92 Å². The second kappa shape index (κ2) is 7.32. The molecule has 0 unspecified atom stereocenters. The lowest BCUT2D eigenvalue weighted by Crippen LogP contribution is -2.56. The number of hydrogen-bond acceptors (Lipinski definition) is 4. The second-order valence-corrected chi connectivity index (χ2v) is 9.25. The molecule has 2 aromatic carbocycles. The maximum Gasteiger partial charge on any atom is 0.282 e. The summed E-state index contributed by atoms with van der Waals surface area (Å²) in [6.45, 7) is -0.631. The Morgan fingerprint density at radius 2 is 1.61 bits per heavy atom. The van der Waals surface area contributed by atoms with Crippen LogP contribution in [-0.4, -0.2) is 29.0 Å². The maximum absolute atomic E-state index is 13.6. The quantitative estimate of drug-likeness (QED) is 0.437. The number of alkyl halides is 2. The van der Waals surface area contributed by atoms with Crippen LogP contribution in [0.3, 0.4) is 0 Å². The van der Waals surface area contributed by atoms with Crippen LogP contribution in [0.15, 0.2) is 72.9 Å². The van der Waals surface area contributed by atoms with Crippen LogP contribution in [0.1, 0.15) is 24.8 Å². The summed E-state index contributed by atoms with van der Waals surface area (Å²) >= 11 is 0. The van der Waals surface area contributed by atoms with Crippen LogP contribution in [0.2, 0.25) is 0 Å². The molecule has 0 radical (unpaired) electrons. The zero-order valence-corrected chi connectivity index (χ0v) is 18.1. The number of halogens is 2. The minimum Gasteiger partial charge on any atom is -0.344 e. The predicted octanol–water partition coefficient (Wildman–Crippen LogP) is 5.76. The summed E-state index contributed by atoms with van der Waals surface area (Å²) in [6.07, 6.45) is 4.84.